The highest BCUT2D eigenvalue weighted by molar-refractivity contribution is 5.60. The van der Waals surface area contributed by atoms with E-state index in [1.54, 1.807) is 0 Å². The van der Waals surface area contributed by atoms with Crippen LogP contribution in [0.5, 0.6) is 5.75 Å². The predicted octanol–water partition coefficient (Wildman–Crippen LogP) is 9.15. The zero-order chi connectivity index (χ0) is 25.4. The Balaban J connectivity index is 1.35. The van der Waals surface area contributed by atoms with Gasteiger partial charge >= 0.3 is 0 Å². The molecule has 0 spiro atoms. The van der Waals surface area contributed by atoms with Crippen LogP contribution in [0, 0.1) is 11.8 Å². The molecule has 1 aliphatic heterocycles. The Labute approximate surface area is 220 Å². The molecule has 1 aliphatic rings. The van der Waals surface area contributed by atoms with Crippen LogP contribution in [0.4, 0.5) is 0 Å². The highest BCUT2D eigenvalue weighted by Gasteiger charge is 2.23. The average molecular weight is 496 g/mol. The third kappa shape index (κ3) is 10.2. The SMILES string of the molecule is CCCCCCCC[C@H]1CO[C@H](c2ccc(-c3ccc(OCCCCC[C@@H](C)CC)cc3)nc2)OC1. The molecule has 4 nitrogen and oxygen atoms in total. The van der Waals surface area contributed by atoms with E-state index in [4.69, 9.17) is 14.2 Å². The van der Waals surface area contributed by atoms with E-state index in [1.807, 2.05) is 18.3 Å². The maximum atomic E-state index is 6.03. The summed E-state index contributed by atoms with van der Waals surface area (Å²) in [6, 6.07) is 12.4. The Morgan fingerprint density at radius 1 is 0.861 bits per heavy atom. The van der Waals surface area contributed by atoms with Crippen molar-refractivity contribution >= 4 is 0 Å². The first-order valence-electron chi connectivity index (χ1n) is 14.6. The molecular weight excluding hydrogens is 446 g/mol. The van der Waals surface area contributed by atoms with Crippen LogP contribution in [0.2, 0.25) is 0 Å². The lowest BCUT2D eigenvalue weighted by Crippen LogP contribution is -2.27. The number of ether oxygens (including phenoxy) is 3. The number of hydrogen-bond donors (Lipinski definition) is 0. The number of hydrogen-bond acceptors (Lipinski definition) is 4. The fourth-order valence-electron chi connectivity index (χ4n) is 4.72. The van der Waals surface area contributed by atoms with Gasteiger partial charge < -0.3 is 14.2 Å². The minimum atomic E-state index is -0.298. The van der Waals surface area contributed by atoms with E-state index in [-0.39, 0.29) is 6.29 Å². The standard InChI is InChI=1S/C32H49NO3/c1-4-6-7-8-9-12-15-27-24-35-32(36-25-27)29-18-21-31(33-23-29)28-16-19-30(20-17-28)34-22-13-10-11-14-26(3)5-2/h16-21,23,26-27,32H,4-15,22,24-25H2,1-3H3/t26-,27-,32-/m0/s1. The van der Waals surface area contributed by atoms with E-state index in [1.165, 1.54) is 70.6 Å². The number of aromatic nitrogens is 1. The topological polar surface area (TPSA) is 40.6 Å². The molecule has 0 bridgehead atoms. The molecule has 1 fully saturated rings. The number of rotatable bonds is 17. The molecule has 1 aromatic carbocycles. The van der Waals surface area contributed by atoms with Crippen molar-refractivity contribution in [1.29, 1.82) is 0 Å². The lowest BCUT2D eigenvalue weighted by atomic mass is 10.0. The fraction of sp³-hybridized carbons (Fsp3) is 0.656. The van der Waals surface area contributed by atoms with E-state index in [2.05, 4.69) is 50.0 Å². The van der Waals surface area contributed by atoms with E-state index in [0.29, 0.717) is 5.92 Å². The quantitative estimate of drug-likeness (QED) is 0.205. The molecule has 2 aromatic rings. The van der Waals surface area contributed by atoms with Crippen molar-refractivity contribution in [3.8, 4) is 17.0 Å². The molecule has 1 atom stereocenters. The number of benzene rings is 1. The van der Waals surface area contributed by atoms with Gasteiger partial charge in [0.1, 0.15) is 5.75 Å². The smallest absolute Gasteiger partial charge is 0.185 e. The predicted molar refractivity (Wildman–Crippen MR) is 149 cm³/mol. The summed E-state index contributed by atoms with van der Waals surface area (Å²) < 4.78 is 18.0. The molecular formula is C32H49NO3. The summed E-state index contributed by atoms with van der Waals surface area (Å²) in [5, 5.41) is 0. The summed E-state index contributed by atoms with van der Waals surface area (Å²) in [6.07, 6.45) is 17.1. The monoisotopic (exact) mass is 495 g/mol. The van der Waals surface area contributed by atoms with E-state index in [9.17, 15) is 0 Å². The second-order valence-corrected chi connectivity index (χ2v) is 10.6. The van der Waals surface area contributed by atoms with Crippen LogP contribution >= 0.6 is 0 Å². The second kappa shape index (κ2) is 16.8. The second-order valence-electron chi connectivity index (χ2n) is 10.6. The summed E-state index contributed by atoms with van der Waals surface area (Å²) in [6.45, 7) is 9.22. The molecule has 0 N–H and O–H groups in total. The summed E-state index contributed by atoms with van der Waals surface area (Å²) in [5.74, 6) is 2.29. The van der Waals surface area contributed by atoms with Gasteiger partial charge in [0.2, 0.25) is 0 Å². The third-order valence-electron chi connectivity index (χ3n) is 7.45. The van der Waals surface area contributed by atoms with Crippen LogP contribution in [0.1, 0.15) is 110 Å². The molecule has 3 rings (SSSR count). The summed E-state index contributed by atoms with van der Waals surface area (Å²) >= 11 is 0. The van der Waals surface area contributed by atoms with Gasteiger partial charge in [-0.3, -0.25) is 4.98 Å². The van der Waals surface area contributed by atoms with Crippen molar-refractivity contribution in [1.82, 2.24) is 4.98 Å². The van der Waals surface area contributed by atoms with E-state index >= 15 is 0 Å². The average Bonchev–Trinajstić information content (AvgIpc) is 2.93. The molecule has 1 saturated heterocycles. The summed E-state index contributed by atoms with van der Waals surface area (Å²) in [5.41, 5.74) is 3.03. The highest BCUT2D eigenvalue weighted by Crippen LogP contribution is 2.29. The lowest BCUT2D eigenvalue weighted by Gasteiger charge is -2.29. The molecule has 0 unspecified atom stereocenters. The largest absolute Gasteiger partial charge is 0.494 e. The fourth-order valence-corrected chi connectivity index (χ4v) is 4.72. The first-order valence-corrected chi connectivity index (χ1v) is 14.6. The minimum absolute atomic E-state index is 0.298. The van der Waals surface area contributed by atoms with Crippen LogP contribution in [-0.2, 0) is 9.47 Å². The van der Waals surface area contributed by atoms with E-state index < -0.39 is 0 Å². The van der Waals surface area contributed by atoms with Gasteiger partial charge in [0.25, 0.3) is 0 Å². The number of unbranched alkanes of at least 4 members (excludes halogenated alkanes) is 7. The van der Waals surface area contributed by atoms with E-state index in [0.717, 1.165) is 54.7 Å². The molecule has 0 aliphatic carbocycles. The van der Waals surface area contributed by atoms with Gasteiger partial charge in [0.15, 0.2) is 6.29 Å². The first-order chi connectivity index (χ1) is 17.7. The van der Waals surface area contributed by atoms with Gasteiger partial charge in [-0.2, -0.15) is 0 Å². The molecule has 4 heteroatoms. The molecule has 0 saturated carbocycles. The van der Waals surface area contributed by atoms with Gasteiger partial charge in [-0.05, 0) is 49.1 Å². The van der Waals surface area contributed by atoms with Crippen LogP contribution in [0.25, 0.3) is 11.3 Å². The first kappa shape index (κ1) is 28.7. The van der Waals surface area contributed by atoms with Gasteiger partial charge in [-0.25, -0.2) is 0 Å². The summed E-state index contributed by atoms with van der Waals surface area (Å²) in [7, 11) is 0. The van der Waals surface area contributed by atoms with Gasteiger partial charge in [0.05, 0.1) is 25.5 Å². The highest BCUT2D eigenvalue weighted by atomic mass is 16.7. The van der Waals surface area contributed by atoms with Crippen LogP contribution in [0.15, 0.2) is 42.6 Å². The van der Waals surface area contributed by atoms with Crippen molar-refractivity contribution in [2.45, 2.75) is 104 Å². The van der Waals surface area contributed by atoms with Crippen molar-refractivity contribution in [2.24, 2.45) is 11.8 Å². The zero-order valence-electron chi connectivity index (χ0n) is 23.1. The normalized spacial score (nSPS) is 18.8. The third-order valence-corrected chi connectivity index (χ3v) is 7.45. The van der Waals surface area contributed by atoms with Gasteiger partial charge in [-0.1, -0.05) is 91.0 Å². The Morgan fingerprint density at radius 3 is 2.28 bits per heavy atom. The Bertz CT molecular complexity index is 812. The van der Waals surface area contributed by atoms with Crippen LogP contribution in [0.3, 0.4) is 0 Å². The summed E-state index contributed by atoms with van der Waals surface area (Å²) in [4.78, 5) is 4.67. The van der Waals surface area contributed by atoms with Crippen molar-refractivity contribution < 1.29 is 14.2 Å². The zero-order valence-corrected chi connectivity index (χ0v) is 23.1. The molecule has 2 heterocycles. The van der Waals surface area contributed by atoms with Gasteiger partial charge in [0, 0.05) is 23.2 Å². The van der Waals surface area contributed by atoms with Crippen molar-refractivity contribution in [3.05, 3.63) is 48.2 Å². The molecule has 0 amide bonds. The van der Waals surface area contributed by atoms with Crippen LogP contribution in [-0.4, -0.2) is 24.8 Å². The Morgan fingerprint density at radius 2 is 1.58 bits per heavy atom. The maximum Gasteiger partial charge on any atom is 0.185 e. The molecule has 0 radical (unpaired) electrons. The van der Waals surface area contributed by atoms with Gasteiger partial charge in [-0.15, -0.1) is 0 Å². The van der Waals surface area contributed by atoms with Crippen molar-refractivity contribution in [2.75, 3.05) is 19.8 Å². The van der Waals surface area contributed by atoms with Crippen LogP contribution < -0.4 is 4.74 Å². The maximum absolute atomic E-state index is 6.03. The Hall–Kier alpha value is -1.91. The minimum Gasteiger partial charge on any atom is -0.494 e. The Kier molecular flexibility index (Phi) is 13.3. The lowest BCUT2D eigenvalue weighted by molar-refractivity contribution is -0.206. The molecule has 200 valence electrons. The number of nitrogens with zero attached hydrogens (tertiary/aromatic N) is 1. The van der Waals surface area contributed by atoms with Crippen molar-refractivity contribution in [3.63, 3.8) is 0 Å². The molecule has 36 heavy (non-hydrogen) atoms. The molecule has 1 aromatic heterocycles. The number of pyridine rings is 1.